The number of rotatable bonds is 0. The zero-order valence-electron chi connectivity index (χ0n) is 7.49. The van der Waals surface area contributed by atoms with Crippen molar-refractivity contribution in [3.8, 4) is 0 Å². The Balaban J connectivity index is 0.000000653. The van der Waals surface area contributed by atoms with Gasteiger partial charge in [-0.1, -0.05) is 24.3 Å². The van der Waals surface area contributed by atoms with Gasteiger partial charge in [0, 0.05) is 11.5 Å². The third-order valence-corrected chi connectivity index (χ3v) is 3.53. The summed E-state index contributed by atoms with van der Waals surface area (Å²) >= 11 is 0. The Kier molecular flexibility index (Phi) is 1.90. The zero-order chi connectivity index (χ0) is 8.18. The third-order valence-electron chi connectivity index (χ3n) is 3.53. The van der Waals surface area contributed by atoms with E-state index in [0.717, 1.165) is 0 Å². The largest absolute Gasteiger partial charge is 0.327 e. The maximum absolute atomic E-state index is 5.98. The first-order chi connectivity index (χ1) is 5.83. The number of aryl methyl sites for hydroxylation is 1. The Morgan fingerprint density at radius 1 is 1.31 bits per heavy atom. The number of hydrogen-bond donors (Lipinski definition) is 1. The summed E-state index contributed by atoms with van der Waals surface area (Å²) in [5.41, 5.74) is 9.46. The number of nitrogens with two attached hydrogens (primary N) is 1. The molecule has 1 aromatic carbocycles. The summed E-state index contributed by atoms with van der Waals surface area (Å²) in [5.74, 6) is 0. The van der Waals surface area contributed by atoms with Gasteiger partial charge in [0.25, 0.3) is 0 Å². The molecular weight excluding hydrogens is 182 g/mol. The van der Waals surface area contributed by atoms with Crippen LogP contribution in [0.25, 0.3) is 0 Å². The van der Waals surface area contributed by atoms with E-state index < -0.39 is 0 Å². The monoisotopic (exact) mass is 195 g/mol. The number of halogens is 1. The lowest BCUT2D eigenvalue weighted by molar-refractivity contribution is 0.651. The number of hydrogen-bond acceptors (Lipinski definition) is 1. The van der Waals surface area contributed by atoms with Gasteiger partial charge in [0.05, 0.1) is 0 Å². The molecule has 13 heavy (non-hydrogen) atoms. The van der Waals surface area contributed by atoms with E-state index in [1.54, 1.807) is 0 Å². The molecule has 0 aromatic heterocycles. The van der Waals surface area contributed by atoms with Gasteiger partial charge < -0.3 is 5.73 Å². The lowest BCUT2D eigenvalue weighted by Gasteiger charge is -2.08. The molecule has 0 heterocycles. The molecule has 0 radical (unpaired) electrons. The molecule has 2 N–H and O–H groups in total. The molecule has 2 aliphatic rings. The molecule has 1 fully saturated rings. The molecule has 0 amide bonds. The fourth-order valence-corrected chi connectivity index (χ4v) is 2.65. The van der Waals surface area contributed by atoms with Crippen LogP contribution in [-0.4, -0.2) is 6.04 Å². The maximum atomic E-state index is 5.98. The Labute approximate surface area is 84.7 Å². The van der Waals surface area contributed by atoms with Crippen molar-refractivity contribution in [3.63, 3.8) is 0 Å². The van der Waals surface area contributed by atoms with Crippen molar-refractivity contribution in [3.05, 3.63) is 35.4 Å². The fourth-order valence-electron chi connectivity index (χ4n) is 2.65. The molecule has 0 aliphatic heterocycles. The minimum absolute atomic E-state index is 0. The number of benzene rings is 1. The summed E-state index contributed by atoms with van der Waals surface area (Å²) in [4.78, 5) is 0. The van der Waals surface area contributed by atoms with Crippen molar-refractivity contribution in [1.29, 1.82) is 0 Å². The van der Waals surface area contributed by atoms with Crippen LogP contribution >= 0.6 is 12.4 Å². The minimum atomic E-state index is 0. The topological polar surface area (TPSA) is 26.0 Å². The molecule has 1 nitrogen and oxygen atoms in total. The van der Waals surface area contributed by atoms with Crippen molar-refractivity contribution in [2.45, 2.75) is 30.7 Å². The van der Waals surface area contributed by atoms with Gasteiger partial charge in [-0.15, -0.1) is 12.4 Å². The average molecular weight is 196 g/mol. The van der Waals surface area contributed by atoms with Gasteiger partial charge in [-0.2, -0.15) is 0 Å². The van der Waals surface area contributed by atoms with E-state index in [1.165, 1.54) is 30.4 Å². The average Bonchev–Trinajstić information content (AvgIpc) is 2.58. The fraction of sp³-hybridized carbons (Fsp3) is 0.455. The van der Waals surface area contributed by atoms with Crippen molar-refractivity contribution >= 4 is 12.4 Å². The second-order valence-corrected chi connectivity index (χ2v) is 4.12. The van der Waals surface area contributed by atoms with Crippen LogP contribution in [0.2, 0.25) is 0 Å². The highest BCUT2D eigenvalue weighted by atomic mass is 35.5. The number of fused-ring (bicyclic) bond motifs is 2. The van der Waals surface area contributed by atoms with Gasteiger partial charge in [0.15, 0.2) is 0 Å². The molecule has 0 saturated heterocycles. The van der Waals surface area contributed by atoms with E-state index in [2.05, 4.69) is 24.3 Å². The smallest absolute Gasteiger partial charge is 0.0146 e. The van der Waals surface area contributed by atoms with Crippen LogP contribution in [0.5, 0.6) is 0 Å². The van der Waals surface area contributed by atoms with Crippen LogP contribution in [0.15, 0.2) is 24.3 Å². The molecule has 2 heteroatoms. The predicted molar refractivity (Wildman–Crippen MR) is 56.3 cm³/mol. The van der Waals surface area contributed by atoms with E-state index in [9.17, 15) is 0 Å². The molecule has 1 spiro atoms. The SMILES string of the molecule is Cl.NC1CC12CCc1ccccc12. The molecular formula is C11H14ClN. The highest BCUT2D eigenvalue weighted by Gasteiger charge is 2.55. The van der Waals surface area contributed by atoms with E-state index in [4.69, 9.17) is 5.73 Å². The van der Waals surface area contributed by atoms with E-state index in [1.807, 2.05) is 0 Å². The quantitative estimate of drug-likeness (QED) is 0.674. The predicted octanol–water partition coefficient (Wildman–Crippen LogP) is 2.02. The molecule has 1 aromatic rings. The summed E-state index contributed by atoms with van der Waals surface area (Å²) in [7, 11) is 0. The Hall–Kier alpha value is -0.530. The molecule has 2 unspecified atom stereocenters. The molecule has 1 saturated carbocycles. The summed E-state index contributed by atoms with van der Waals surface area (Å²) in [6.45, 7) is 0. The van der Waals surface area contributed by atoms with Gasteiger partial charge in [0.2, 0.25) is 0 Å². The summed E-state index contributed by atoms with van der Waals surface area (Å²) in [5, 5.41) is 0. The van der Waals surface area contributed by atoms with Gasteiger partial charge in [-0.25, -0.2) is 0 Å². The second kappa shape index (κ2) is 2.73. The zero-order valence-corrected chi connectivity index (χ0v) is 8.31. The maximum Gasteiger partial charge on any atom is 0.0146 e. The molecule has 3 rings (SSSR count). The Morgan fingerprint density at radius 3 is 2.69 bits per heavy atom. The van der Waals surface area contributed by atoms with Gasteiger partial charge in [-0.05, 0) is 30.4 Å². The first kappa shape index (κ1) is 9.04. The molecule has 70 valence electrons. The lowest BCUT2D eigenvalue weighted by Crippen LogP contribution is -2.14. The summed E-state index contributed by atoms with van der Waals surface area (Å²) in [6, 6.07) is 9.22. The Bertz CT molecular complexity index is 337. The van der Waals surface area contributed by atoms with Gasteiger partial charge in [0.1, 0.15) is 0 Å². The third kappa shape index (κ3) is 1.04. The van der Waals surface area contributed by atoms with Crippen molar-refractivity contribution < 1.29 is 0 Å². The van der Waals surface area contributed by atoms with E-state index >= 15 is 0 Å². The highest BCUT2D eigenvalue weighted by molar-refractivity contribution is 5.85. The first-order valence-corrected chi connectivity index (χ1v) is 4.67. The van der Waals surface area contributed by atoms with E-state index in [-0.39, 0.29) is 12.4 Å². The van der Waals surface area contributed by atoms with Crippen molar-refractivity contribution in [2.75, 3.05) is 0 Å². The van der Waals surface area contributed by atoms with Crippen molar-refractivity contribution in [2.24, 2.45) is 5.73 Å². The van der Waals surface area contributed by atoms with E-state index in [0.29, 0.717) is 11.5 Å². The van der Waals surface area contributed by atoms with Gasteiger partial charge in [-0.3, -0.25) is 0 Å². The molecule has 2 atom stereocenters. The minimum Gasteiger partial charge on any atom is -0.327 e. The van der Waals surface area contributed by atoms with Crippen LogP contribution in [0.4, 0.5) is 0 Å². The van der Waals surface area contributed by atoms with Crippen LogP contribution < -0.4 is 5.73 Å². The molecule has 0 bridgehead atoms. The van der Waals surface area contributed by atoms with Crippen LogP contribution in [0.1, 0.15) is 24.0 Å². The summed E-state index contributed by atoms with van der Waals surface area (Å²) in [6.07, 6.45) is 3.74. The molecule has 2 aliphatic carbocycles. The van der Waals surface area contributed by atoms with Crippen molar-refractivity contribution in [1.82, 2.24) is 0 Å². The standard InChI is InChI=1S/C11H13N.ClH/c12-10-7-11(10)6-5-8-3-1-2-4-9(8)11;/h1-4,10H,5-7,12H2;1H. The van der Waals surface area contributed by atoms with Crippen LogP contribution in [0, 0.1) is 0 Å². The highest BCUT2D eigenvalue weighted by Crippen LogP contribution is 2.55. The lowest BCUT2D eigenvalue weighted by atomic mass is 9.98. The summed E-state index contributed by atoms with van der Waals surface area (Å²) < 4.78 is 0. The van der Waals surface area contributed by atoms with Crippen LogP contribution in [0.3, 0.4) is 0 Å². The Morgan fingerprint density at radius 2 is 2.00 bits per heavy atom. The van der Waals surface area contributed by atoms with Gasteiger partial charge >= 0.3 is 0 Å². The normalized spacial score (nSPS) is 34.1. The second-order valence-electron chi connectivity index (χ2n) is 4.12. The first-order valence-electron chi connectivity index (χ1n) is 4.67. The van der Waals surface area contributed by atoms with Crippen LogP contribution in [-0.2, 0) is 11.8 Å².